The van der Waals surface area contributed by atoms with E-state index in [1.54, 1.807) is 15.9 Å². The van der Waals surface area contributed by atoms with Gasteiger partial charge in [0.25, 0.3) is 5.56 Å². The predicted octanol–water partition coefficient (Wildman–Crippen LogP) is 3.10. The largest absolute Gasteiger partial charge is 0.369 e. The van der Waals surface area contributed by atoms with Crippen LogP contribution in [0.5, 0.6) is 0 Å². The van der Waals surface area contributed by atoms with E-state index in [2.05, 4.69) is 6.92 Å². The number of nitrogens with two attached hydrogens (primary N) is 1. The first-order chi connectivity index (χ1) is 11.6. The lowest BCUT2D eigenvalue weighted by Gasteiger charge is -2.13. The number of thioether (sulfide) groups is 1. The molecule has 24 heavy (non-hydrogen) atoms. The van der Waals surface area contributed by atoms with Crippen molar-refractivity contribution in [2.24, 2.45) is 5.73 Å². The number of aromatic nitrogens is 2. The van der Waals surface area contributed by atoms with Crippen LogP contribution >= 0.6 is 23.1 Å². The monoisotopic (exact) mass is 365 g/mol. The van der Waals surface area contributed by atoms with E-state index in [1.165, 1.54) is 28.6 Å². The van der Waals surface area contributed by atoms with Crippen molar-refractivity contribution in [1.29, 1.82) is 0 Å². The topological polar surface area (TPSA) is 78.0 Å². The minimum absolute atomic E-state index is 0.0578. The molecule has 2 N–H and O–H groups in total. The summed E-state index contributed by atoms with van der Waals surface area (Å²) in [4.78, 5) is 31.1. The summed E-state index contributed by atoms with van der Waals surface area (Å²) in [6.45, 7) is 2.80. The molecular weight excluding hydrogens is 342 g/mol. The van der Waals surface area contributed by atoms with Gasteiger partial charge >= 0.3 is 0 Å². The smallest absolute Gasteiger partial charge is 0.263 e. The highest BCUT2D eigenvalue weighted by atomic mass is 32.2. The molecule has 1 amide bonds. The number of hydrogen-bond donors (Lipinski definition) is 1. The Balaban J connectivity index is 2.07. The zero-order valence-corrected chi connectivity index (χ0v) is 15.6. The van der Waals surface area contributed by atoms with E-state index in [4.69, 9.17) is 10.7 Å². The van der Waals surface area contributed by atoms with Crippen LogP contribution in [-0.2, 0) is 24.2 Å². The first-order valence-electron chi connectivity index (χ1n) is 8.58. The van der Waals surface area contributed by atoms with Gasteiger partial charge in [0, 0.05) is 11.4 Å². The molecule has 0 aliphatic heterocycles. The number of hydrogen-bond acceptors (Lipinski definition) is 5. The Bertz CT molecular complexity index is 810. The van der Waals surface area contributed by atoms with Crippen molar-refractivity contribution in [3.63, 3.8) is 0 Å². The molecule has 0 atom stereocenters. The lowest BCUT2D eigenvalue weighted by molar-refractivity contribution is -0.115. The van der Waals surface area contributed by atoms with E-state index in [1.807, 2.05) is 0 Å². The summed E-state index contributed by atoms with van der Waals surface area (Å²) in [6, 6.07) is 0. The van der Waals surface area contributed by atoms with Gasteiger partial charge < -0.3 is 5.73 Å². The molecule has 5 nitrogen and oxygen atoms in total. The average Bonchev–Trinajstić information content (AvgIpc) is 2.93. The maximum Gasteiger partial charge on any atom is 0.263 e. The Hall–Kier alpha value is -1.34. The molecule has 3 rings (SSSR count). The fraction of sp³-hybridized carbons (Fsp3) is 0.588. The van der Waals surface area contributed by atoms with Crippen LogP contribution in [0.3, 0.4) is 0 Å². The third-order valence-corrected chi connectivity index (χ3v) is 6.55. The third-order valence-electron chi connectivity index (χ3n) is 4.37. The number of rotatable bonds is 7. The molecule has 0 saturated heterocycles. The van der Waals surface area contributed by atoms with Crippen LogP contribution in [0.1, 0.15) is 49.5 Å². The van der Waals surface area contributed by atoms with Gasteiger partial charge in [-0.15, -0.1) is 11.3 Å². The zero-order chi connectivity index (χ0) is 17.1. The minimum Gasteiger partial charge on any atom is -0.369 e. The number of primary amides is 1. The molecule has 2 aromatic rings. The fourth-order valence-corrected chi connectivity index (χ4v) is 5.25. The van der Waals surface area contributed by atoms with Crippen molar-refractivity contribution in [1.82, 2.24) is 9.55 Å². The van der Waals surface area contributed by atoms with E-state index in [0.29, 0.717) is 11.7 Å². The molecule has 0 fully saturated rings. The maximum atomic E-state index is 13.1. The highest BCUT2D eigenvalue weighted by Gasteiger charge is 2.22. The number of thiophene rings is 1. The molecular formula is C17H23N3O2S2. The molecule has 0 bridgehead atoms. The van der Waals surface area contributed by atoms with Crippen molar-refractivity contribution in [2.45, 2.75) is 63.6 Å². The molecule has 130 valence electrons. The average molecular weight is 366 g/mol. The van der Waals surface area contributed by atoms with Gasteiger partial charge in [-0.1, -0.05) is 31.5 Å². The van der Waals surface area contributed by atoms with Crippen molar-refractivity contribution in [2.75, 3.05) is 5.75 Å². The number of unbranched alkanes of at least 4 members (excludes halogenated alkanes) is 2. The van der Waals surface area contributed by atoms with Crippen LogP contribution in [0, 0.1) is 0 Å². The Labute approximate surface area is 149 Å². The van der Waals surface area contributed by atoms with Crippen LogP contribution in [0.4, 0.5) is 0 Å². The van der Waals surface area contributed by atoms with Gasteiger partial charge in [-0.05, 0) is 37.7 Å². The number of nitrogens with zero attached hydrogens (tertiary/aromatic N) is 2. The third kappa shape index (κ3) is 3.52. The van der Waals surface area contributed by atoms with Crippen molar-refractivity contribution in [3.8, 4) is 0 Å². The molecule has 7 heteroatoms. The molecule has 0 aromatic carbocycles. The second-order valence-electron chi connectivity index (χ2n) is 6.20. The number of aryl methyl sites for hydroxylation is 2. The summed E-state index contributed by atoms with van der Waals surface area (Å²) < 4.78 is 1.76. The molecule has 2 aromatic heterocycles. The van der Waals surface area contributed by atoms with Gasteiger partial charge in [-0.3, -0.25) is 14.2 Å². The Morgan fingerprint density at radius 1 is 1.33 bits per heavy atom. The number of carbonyl (C=O) groups is 1. The summed E-state index contributed by atoms with van der Waals surface area (Å²) in [5.41, 5.74) is 6.54. The maximum absolute atomic E-state index is 13.1. The fourth-order valence-electron chi connectivity index (χ4n) is 3.18. The quantitative estimate of drug-likeness (QED) is 0.464. The first kappa shape index (κ1) is 17.5. The van der Waals surface area contributed by atoms with Crippen LogP contribution in [0.25, 0.3) is 10.2 Å². The summed E-state index contributed by atoms with van der Waals surface area (Å²) in [7, 11) is 0. The summed E-state index contributed by atoms with van der Waals surface area (Å²) in [5, 5.41) is 1.44. The zero-order valence-electron chi connectivity index (χ0n) is 14.0. The Morgan fingerprint density at radius 3 is 2.88 bits per heavy atom. The first-order valence-corrected chi connectivity index (χ1v) is 10.4. The van der Waals surface area contributed by atoms with E-state index < -0.39 is 0 Å². The van der Waals surface area contributed by atoms with E-state index in [-0.39, 0.29) is 17.2 Å². The van der Waals surface area contributed by atoms with E-state index in [9.17, 15) is 9.59 Å². The summed E-state index contributed by atoms with van der Waals surface area (Å²) in [5.74, 6) is -0.239. The number of amides is 1. The lowest BCUT2D eigenvalue weighted by Crippen LogP contribution is -2.25. The second-order valence-corrected chi connectivity index (χ2v) is 8.23. The highest BCUT2D eigenvalue weighted by Crippen LogP contribution is 2.34. The van der Waals surface area contributed by atoms with Crippen LogP contribution < -0.4 is 11.3 Å². The van der Waals surface area contributed by atoms with Crippen molar-refractivity contribution in [3.05, 3.63) is 20.8 Å². The normalized spacial score (nSPS) is 14.0. The van der Waals surface area contributed by atoms with Gasteiger partial charge in [0.1, 0.15) is 4.83 Å². The number of fused-ring (bicyclic) bond motifs is 3. The number of carbonyl (C=O) groups excluding carboxylic acids is 1. The SMILES string of the molecule is CCCCCn1c(SCC(N)=O)nc2sc3c(c2c1=O)CCCC3. The molecule has 0 spiro atoms. The van der Waals surface area contributed by atoms with Crippen molar-refractivity contribution < 1.29 is 4.79 Å². The summed E-state index contributed by atoms with van der Waals surface area (Å²) >= 11 is 2.92. The molecule has 0 saturated carbocycles. The Kier molecular flexibility index (Phi) is 5.61. The minimum atomic E-state index is -0.389. The standard InChI is InChI=1S/C17H23N3O2S2/c1-2-3-6-9-20-16(22)14-11-7-4-5-8-12(11)24-15(14)19-17(20)23-10-13(18)21/h2-10H2,1H3,(H2,18,21). The molecule has 0 unspecified atom stereocenters. The van der Waals surface area contributed by atoms with E-state index >= 15 is 0 Å². The van der Waals surface area contributed by atoms with Crippen LogP contribution in [-0.4, -0.2) is 21.2 Å². The van der Waals surface area contributed by atoms with Gasteiger partial charge in [-0.25, -0.2) is 4.98 Å². The summed E-state index contributed by atoms with van der Waals surface area (Å²) in [6.07, 6.45) is 7.48. The van der Waals surface area contributed by atoms with Gasteiger partial charge in [0.15, 0.2) is 5.16 Å². The molecule has 1 aliphatic carbocycles. The van der Waals surface area contributed by atoms with Crippen LogP contribution in [0.2, 0.25) is 0 Å². The Morgan fingerprint density at radius 2 is 2.12 bits per heavy atom. The van der Waals surface area contributed by atoms with Gasteiger partial charge in [-0.2, -0.15) is 0 Å². The second kappa shape index (κ2) is 7.70. The van der Waals surface area contributed by atoms with E-state index in [0.717, 1.165) is 48.7 Å². The van der Waals surface area contributed by atoms with Gasteiger partial charge in [0.05, 0.1) is 11.1 Å². The lowest BCUT2D eigenvalue weighted by atomic mass is 9.97. The van der Waals surface area contributed by atoms with Crippen LogP contribution in [0.15, 0.2) is 9.95 Å². The van der Waals surface area contributed by atoms with Crippen molar-refractivity contribution >= 4 is 39.2 Å². The molecule has 2 heterocycles. The molecule has 1 aliphatic rings. The highest BCUT2D eigenvalue weighted by molar-refractivity contribution is 7.99. The molecule has 0 radical (unpaired) electrons. The predicted molar refractivity (Wildman–Crippen MR) is 100.0 cm³/mol. The van der Waals surface area contributed by atoms with Gasteiger partial charge in [0.2, 0.25) is 5.91 Å².